The first-order chi connectivity index (χ1) is 11.2. The van der Waals surface area contributed by atoms with Gasteiger partial charge in [-0.1, -0.05) is 36.4 Å². The summed E-state index contributed by atoms with van der Waals surface area (Å²) in [6.07, 6.45) is 0.726. The van der Waals surface area contributed by atoms with Crippen LogP contribution in [0.5, 0.6) is 5.75 Å². The minimum absolute atomic E-state index is 0.0150. The van der Waals surface area contributed by atoms with E-state index in [1.807, 2.05) is 36.4 Å². The molecule has 0 N–H and O–H groups in total. The molecule has 0 aliphatic heterocycles. The highest BCUT2D eigenvalue weighted by molar-refractivity contribution is 5.82. The molecule has 23 heavy (non-hydrogen) atoms. The molecule has 2 atom stereocenters. The Morgan fingerprint density at radius 1 is 1.17 bits per heavy atom. The predicted molar refractivity (Wildman–Crippen MR) is 86.8 cm³/mol. The lowest BCUT2D eigenvalue weighted by Gasteiger charge is -2.17. The molecule has 1 saturated carbocycles. The average molecular weight is 313 g/mol. The molecule has 2 unspecified atom stereocenters. The van der Waals surface area contributed by atoms with E-state index in [4.69, 9.17) is 4.74 Å². The van der Waals surface area contributed by atoms with Gasteiger partial charge in [-0.05, 0) is 36.1 Å². The topological polar surface area (TPSA) is 29.5 Å². The van der Waals surface area contributed by atoms with E-state index < -0.39 is 0 Å². The van der Waals surface area contributed by atoms with E-state index in [1.54, 1.807) is 24.1 Å². The van der Waals surface area contributed by atoms with Crippen LogP contribution in [0, 0.1) is 11.7 Å². The van der Waals surface area contributed by atoms with Crippen LogP contribution in [-0.2, 0) is 4.79 Å². The van der Waals surface area contributed by atoms with Crippen LogP contribution < -0.4 is 4.74 Å². The average Bonchev–Trinajstić information content (AvgIpc) is 3.36. The van der Waals surface area contributed by atoms with Gasteiger partial charge in [-0.25, -0.2) is 4.39 Å². The SMILES string of the molecule is CN(CCOc1ccccc1)C(=O)C1CC1c1ccccc1F. The van der Waals surface area contributed by atoms with E-state index in [9.17, 15) is 9.18 Å². The first-order valence-electron chi connectivity index (χ1n) is 7.84. The van der Waals surface area contributed by atoms with E-state index in [2.05, 4.69) is 0 Å². The summed E-state index contributed by atoms with van der Waals surface area (Å²) in [6.45, 7) is 0.970. The van der Waals surface area contributed by atoms with Crippen LogP contribution in [0.2, 0.25) is 0 Å². The lowest BCUT2D eigenvalue weighted by atomic mass is 10.1. The number of carbonyl (C=O) groups is 1. The Morgan fingerprint density at radius 2 is 1.87 bits per heavy atom. The molecule has 0 bridgehead atoms. The quantitative estimate of drug-likeness (QED) is 0.817. The van der Waals surface area contributed by atoms with Crippen LogP contribution in [0.3, 0.4) is 0 Å². The molecule has 0 radical (unpaired) electrons. The second kappa shape index (κ2) is 6.82. The fourth-order valence-electron chi connectivity index (χ4n) is 2.80. The van der Waals surface area contributed by atoms with E-state index in [1.165, 1.54) is 6.07 Å². The van der Waals surface area contributed by atoms with Gasteiger partial charge in [-0.15, -0.1) is 0 Å². The van der Waals surface area contributed by atoms with Crippen molar-refractivity contribution < 1.29 is 13.9 Å². The number of likely N-dealkylation sites (N-methyl/N-ethyl adjacent to an activating group) is 1. The summed E-state index contributed by atoms with van der Waals surface area (Å²) in [4.78, 5) is 14.1. The van der Waals surface area contributed by atoms with Crippen molar-refractivity contribution in [1.82, 2.24) is 4.90 Å². The normalized spacial score (nSPS) is 19.2. The van der Waals surface area contributed by atoms with Crippen LogP contribution in [0.4, 0.5) is 4.39 Å². The molecular weight excluding hydrogens is 293 g/mol. The number of hydrogen-bond donors (Lipinski definition) is 0. The third-order valence-corrected chi connectivity index (χ3v) is 4.23. The zero-order valence-electron chi connectivity index (χ0n) is 13.1. The first-order valence-corrected chi connectivity index (χ1v) is 7.84. The van der Waals surface area contributed by atoms with Crippen molar-refractivity contribution in [2.45, 2.75) is 12.3 Å². The number of ether oxygens (including phenoxy) is 1. The van der Waals surface area contributed by atoms with Crippen LogP contribution in [0.15, 0.2) is 54.6 Å². The van der Waals surface area contributed by atoms with Gasteiger partial charge in [0, 0.05) is 13.0 Å². The molecule has 0 saturated heterocycles. The van der Waals surface area contributed by atoms with E-state index in [0.29, 0.717) is 18.7 Å². The summed E-state index contributed by atoms with van der Waals surface area (Å²) < 4.78 is 19.4. The molecule has 3 nitrogen and oxygen atoms in total. The second-order valence-corrected chi connectivity index (χ2v) is 5.89. The molecule has 3 rings (SSSR count). The van der Waals surface area contributed by atoms with Gasteiger partial charge >= 0.3 is 0 Å². The fraction of sp³-hybridized carbons (Fsp3) is 0.316. The standard InChI is InChI=1S/C19H20FNO2/c1-21(11-12-23-14-7-3-2-4-8-14)19(22)17-13-16(17)15-9-5-6-10-18(15)20/h2-10,16-17H,11-13H2,1H3. The van der Waals surface area contributed by atoms with Crippen molar-refractivity contribution in [3.05, 3.63) is 66.0 Å². The maximum absolute atomic E-state index is 13.8. The number of hydrogen-bond acceptors (Lipinski definition) is 2. The van der Waals surface area contributed by atoms with Gasteiger partial charge in [0.05, 0.1) is 6.54 Å². The van der Waals surface area contributed by atoms with Crippen LogP contribution in [-0.4, -0.2) is 31.0 Å². The number of nitrogens with zero attached hydrogens (tertiary/aromatic N) is 1. The number of benzene rings is 2. The third-order valence-electron chi connectivity index (χ3n) is 4.23. The molecule has 0 spiro atoms. The molecule has 2 aromatic rings. The monoisotopic (exact) mass is 313 g/mol. The molecule has 2 aromatic carbocycles. The third kappa shape index (κ3) is 3.70. The second-order valence-electron chi connectivity index (χ2n) is 5.89. The molecule has 1 fully saturated rings. The summed E-state index contributed by atoms with van der Waals surface area (Å²) in [5.74, 6) is 0.552. The highest BCUT2D eigenvalue weighted by atomic mass is 19.1. The Balaban J connectivity index is 1.48. The van der Waals surface area contributed by atoms with Crippen LogP contribution in [0.1, 0.15) is 17.9 Å². The van der Waals surface area contributed by atoms with E-state index in [0.717, 1.165) is 12.2 Å². The Bertz CT molecular complexity index is 674. The van der Waals surface area contributed by atoms with Gasteiger partial charge in [0.2, 0.25) is 5.91 Å². The van der Waals surface area contributed by atoms with Gasteiger partial charge in [-0.3, -0.25) is 4.79 Å². The maximum atomic E-state index is 13.8. The number of rotatable bonds is 6. The number of para-hydroxylation sites is 1. The van der Waals surface area contributed by atoms with Crippen LogP contribution >= 0.6 is 0 Å². The highest BCUT2D eigenvalue weighted by Crippen LogP contribution is 2.49. The molecule has 4 heteroatoms. The predicted octanol–water partition coefficient (Wildman–Crippen LogP) is 3.47. The van der Waals surface area contributed by atoms with Crippen molar-refractivity contribution in [2.24, 2.45) is 5.92 Å². The zero-order chi connectivity index (χ0) is 16.2. The number of amides is 1. The maximum Gasteiger partial charge on any atom is 0.226 e. The molecule has 120 valence electrons. The largest absolute Gasteiger partial charge is 0.492 e. The Kier molecular flexibility index (Phi) is 4.60. The Hall–Kier alpha value is -2.36. The molecule has 1 aliphatic carbocycles. The zero-order valence-corrected chi connectivity index (χ0v) is 13.1. The summed E-state index contributed by atoms with van der Waals surface area (Å²) in [7, 11) is 1.77. The highest BCUT2D eigenvalue weighted by Gasteiger charge is 2.46. The fourth-order valence-corrected chi connectivity index (χ4v) is 2.80. The van der Waals surface area contributed by atoms with E-state index in [-0.39, 0.29) is 23.6 Å². The summed E-state index contributed by atoms with van der Waals surface area (Å²) in [5, 5.41) is 0. The van der Waals surface area contributed by atoms with Crippen molar-refractivity contribution in [2.75, 3.05) is 20.2 Å². The van der Waals surface area contributed by atoms with Crippen molar-refractivity contribution in [1.29, 1.82) is 0 Å². The smallest absolute Gasteiger partial charge is 0.226 e. The Labute approximate surface area is 135 Å². The van der Waals surface area contributed by atoms with Crippen LogP contribution in [0.25, 0.3) is 0 Å². The minimum atomic E-state index is -0.220. The van der Waals surface area contributed by atoms with Gasteiger partial charge in [0.15, 0.2) is 0 Å². The lowest BCUT2D eigenvalue weighted by Crippen LogP contribution is -2.32. The van der Waals surface area contributed by atoms with Gasteiger partial charge in [0.1, 0.15) is 18.2 Å². The Morgan fingerprint density at radius 3 is 2.61 bits per heavy atom. The van der Waals surface area contributed by atoms with Gasteiger partial charge in [0.25, 0.3) is 0 Å². The lowest BCUT2D eigenvalue weighted by molar-refractivity contribution is -0.131. The van der Waals surface area contributed by atoms with Crippen molar-refractivity contribution >= 4 is 5.91 Å². The molecular formula is C19H20FNO2. The summed E-state index contributed by atoms with van der Waals surface area (Å²) in [5.41, 5.74) is 0.653. The molecule has 1 amide bonds. The van der Waals surface area contributed by atoms with Gasteiger partial charge < -0.3 is 9.64 Å². The molecule has 1 aliphatic rings. The summed E-state index contributed by atoms with van der Waals surface area (Å²) >= 11 is 0. The van der Waals surface area contributed by atoms with Crippen molar-refractivity contribution in [3.8, 4) is 5.75 Å². The number of halogens is 1. The summed E-state index contributed by atoms with van der Waals surface area (Å²) in [6, 6.07) is 16.2. The minimum Gasteiger partial charge on any atom is -0.492 e. The first kappa shape index (κ1) is 15.5. The van der Waals surface area contributed by atoms with Gasteiger partial charge in [-0.2, -0.15) is 0 Å². The van der Waals surface area contributed by atoms with Crippen molar-refractivity contribution in [3.63, 3.8) is 0 Å². The molecule has 0 aromatic heterocycles. The molecule has 0 heterocycles. The number of carbonyl (C=O) groups excluding carboxylic acids is 1. The van der Waals surface area contributed by atoms with E-state index >= 15 is 0 Å².